The molecular weight excluding hydrogens is 340 g/mol. The van der Waals surface area contributed by atoms with Crippen LogP contribution in [0.4, 0.5) is 0 Å². The molecule has 0 aliphatic heterocycles. The number of imidazole rings is 1. The first-order chi connectivity index (χ1) is 13.2. The highest BCUT2D eigenvalue weighted by Gasteiger charge is 2.12. The largest absolute Gasteiger partial charge is 0.348 e. The van der Waals surface area contributed by atoms with Crippen molar-refractivity contribution in [3.63, 3.8) is 0 Å². The lowest BCUT2D eigenvalue weighted by atomic mass is 10.2. The minimum atomic E-state index is -0.619. The van der Waals surface area contributed by atoms with E-state index in [-0.39, 0.29) is 0 Å². The molecule has 0 saturated carbocycles. The maximum Gasteiger partial charge on any atom is 0.309 e. The molecule has 1 heterocycles. The lowest BCUT2D eigenvalue weighted by Gasteiger charge is -2.09. The van der Waals surface area contributed by atoms with Crippen molar-refractivity contribution >= 4 is 11.8 Å². The molecule has 27 heavy (non-hydrogen) atoms. The monoisotopic (exact) mass is 362 g/mol. The quantitative estimate of drug-likeness (QED) is 0.500. The topological polar surface area (TPSA) is 76.0 Å². The zero-order valence-electron chi connectivity index (χ0n) is 15.0. The number of hydrogen-bond acceptors (Lipinski definition) is 3. The number of rotatable bonds is 7. The number of nitrogens with zero attached hydrogens (tertiary/aromatic N) is 2. The Morgan fingerprint density at radius 3 is 2.30 bits per heavy atom. The Kier molecular flexibility index (Phi) is 6.35. The first-order valence-electron chi connectivity index (χ1n) is 8.90. The van der Waals surface area contributed by atoms with Gasteiger partial charge in [-0.05, 0) is 12.0 Å². The molecule has 3 rings (SSSR count). The number of carbonyl (C=O) groups is 2. The summed E-state index contributed by atoms with van der Waals surface area (Å²) < 4.78 is 2.04. The zero-order valence-corrected chi connectivity index (χ0v) is 15.0. The summed E-state index contributed by atoms with van der Waals surface area (Å²) in [5.41, 5.74) is 2.00. The Morgan fingerprint density at radius 1 is 0.889 bits per heavy atom. The lowest BCUT2D eigenvalue weighted by Crippen LogP contribution is -2.40. The van der Waals surface area contributed by atoms with Gasteiger partial charge in [-0.15, -0.1) is 0 Å². The number of aromatic nitrogens is 2. The van der Waals surface area contributed by atoms with Crippen molar-refractivity contribution in [2.24, 2.45) is 0 Å². The molecule has 0 saturated heterocycles. The highest BCUT2D eigenvalue weighted by molar-refractivity contribution is 6.35. The van der Waals surface area contributed by atoms with Gasteiger partial charge in [0.05, 0.1) is 0 Å². The van der Waals surface area contributed by atoms with Gasteiger partial charge in [0.2, 0.25) is 0 Å². The SMILES string of the molecule is O=C(NCCCn1ccnc1-c1ccccc1)C(=O)NCc1ccccc1. The Balaban J connectivity index is 1.41. The van der Waals surface area contributed by atoms with Crippen molar-refractivity contribution < 1.29 is 9.59 Å². The van der Waals surface area contributed by atoms with Crippen LogP contribution in [0.1, 0.15) is 12.0 Å². The second-order valence-electron chi connectivity index (χ2n) is 6.09. The summed E-state index contributed by atoms with van der Waals surface area (Å²) in [6.45, 7) is 1.46. The van der Waals surface area contributed by atoms with Gasteiger partial charge in [0, 0.05) is 37.6 Å². The molecule has 2 amide bonds. The first kappa shape index (κ1) is 18.4. The number of aryl methyl sites for hydroxylation is 1. The van der Waals surface area contributed by atoms with E-state index < -0.39 is 11.8 Å². The van der Waals surface area contributed by atoms with Crippen LogP contribution in [0, 0.1) is 0 Å². The van der Waals surface area contributed by atoms with E-state index in [9.17, 15) is 9.59 Å². The summed E-state index contributed by atoms with van der Waals surface area (Å²) in [5.74, 6) is -0.339. The first-order valence-corrected chi connectivity index (χ1v) is 8.90. The average Bonchev–Trinajstić information content (AvgIpc) is 3.19. The van der Waals surface area contributed by atoms with Gasteiger partial charge in [0.15, 0.2) is 0 Å². The van der Waals surface area contributed by atoms with Gasteiger partial charge in [-0.25, -0.2) is 4.98 Å². The highest BCUT2D eigenvalue weighted by atomic mass is 16.2. The van der Waals surface area contributed by atoms with Crippen molar-refractivity contribution in [2.45, 2.75) is 19.5 Å². The molecule has 1 aromatic heterocycles. The molecular formula is C21H22N4O2. The number of carbonyl (C=O) groups excluding carboxylic acids is 2. The van der Waals surface area contributed by atoms with E-state index in [1.165, 1.54) is 0 Å². The Bertz CT molecular complexity index is 875. The van der Waals surface area contributed by atoms with Gasteiger partial charge in [0.25, 0.3) is 0 Å². The van der Waals surface area contributed by atoms with Gasteiger partial charge in [0.1, 0.15) is 5.82 Å². The molecule has 0 bridgehead atoms. The maximum atomic E-state index is 11.9. The van der Waals surface area contributed by atoms with Gasteiger partial charge < -0.3 is 15.2 Å². The van der Waals surface area contributed by atoms with Crippen LogP contribution in [0.3, 0.4) is 0 Å². The van der Waals surface area contributed by atoms with E-state index in [0.717, 1.165) is 17.0 Å². The molecule has 0 atom stereocenters. The van der Waals surface area contributed by atoms with Crippen molar-refractivity contribution in [3.05, 3.63) is 78.6 Å². The number of hydrogen-bond donors (Lipinski definition) is 2. The fourth-order valence-electron chi connectivity index (χ4n) is 2.73. The standard InChI is InChI=1S/C21H22N4O2/c26-20(21(27)24-16-17-8-3-1-4-9-17)23-12-7-14-25-15-13-22-19(25)18-10-5-2-6-11-18/h1-6,8-11,13,15H,7,12,14,16H2,(H,23,26)(H,24,27). The minimum absolute atomic E-state index is 0.336. The van der Waals surface area contributed by atoms with Gasteiger partial charge >= 0.3 is 11.8 Å². The lowest BCUT2D eigenvalue weighted by molar-refractivity contribution is -0.139. The summed E-state index contributed by atoms with van der Waals surface area (Å²) in [5, 5.41) is 5.27. The maximum absolute atomic E-state index is 11.9. The molecule has 138 valence electrons. The zero-order chi connectivity index (χ0) is 18.9. The molecule has 6 nitrogen and oxygen atoms in total. The van der Waals surface area contributed by atoms with Gasteiger partial charge in [-0.2, -0.15) is 0 Å². The van der Waals surface area contributed by atoms with E-state index >= 15 is 0 Å². The van der Waals surface area contributed by atoms with Crippen LogP contribution >= 0.6 is 0 Å². The van der Waals surface area contributed by atoms with Crippen molar-refractivity contribution in [3.8, 4) is 11.4 Å². The summed E-state index contributed by atoms with van der Waals surface area (Å²) in [6, 6.07) is 19.4. The number of nitrogens with one attached hydrogen (secondary N) is 2. The van der Waals surface area contributed by atoms with E-state index in [1.807, 2.05) is 71.4 Å². The van der Waals surface area contributed by atoms with Crippen LogP contribution in [0.25, 0.3) is 11.4 Å². The molecule has 2 N–H and O–H groups in total. The van der Waals surface area contributed by atoms with E-state index in [4.69, 9.17) is 0 Å². The summed E-state index contributed by atoms with van der Waals surface area (Å²) in [7, 11) is 0. The second kappa shape index (κ2) is 9.33. The van der Waals surface area contributed by atoms with E-state index in [0.29, 0.717) is 26.1 Å². The third-order valence-corrected chi connectivity index (χ3v) is 4.11. The average molecular weight is 362 g/mol. The molecule has 3 aromatic rings. The Morgan fingerprint density at radius 2 is 1.56 bits per heavy atom. The summed E-state index contributed by atoms with van der Waals surface area (Å²) >= 11 is 0. The van der Waals surface area contributed by atoms with Gasteiger partial charge in [-0.1, -0.05) is 60.7 Å². The molecule has 0 aliphatic carbocycles. The van der Waals surface area contributed by atoms with E-state index in [1.54, 1.807) is 6.20 Å². The molecule has 0 aliphatic rings. The predicted molar refractivity (Wildman–Crippen MR) is 104 cm³/mol. The van der Waals surface area contributed by atoms with Crippen LogP contribution in [-0.4, -0.2) is 27.9 Å². The molecule has 0 radical (unpaired) electrons. The third-order valence-electron chi connectivity index (χ3n) is 4.11. The second-order valence-corrected chi connectivity index (χ2v) is 6.09. The predicted octanol–water partition coefficient (Wildman–Crippen LogP) is 2.37. The molecule has 0 unspecified atom stereocenters. The molecule has 0 fully saturated rings. The highest BCUT2D eigenvalue weighted by Crippen LogP contribution is 2.16. The number of benzene rings is 2. The smallest absolute Gasteiger partial charge is 0.309 e. The summed E-state index contributed by atoms with van der Waals surface area (Å²) in [4.78, 5) is 28.1. The normalized spacial score (nSPS) is 10.4. The van der Waals surface area contributed by atoms with Crippen molar-refractivity contribution in [1.82, 2.24) is 20.2 Å². The Labute approximate surface area is 158 Å². The van der Waals surface area contributed by atoms with Crippen molar-refractivity contribution in [1.29, 1.82) is 0 Å². The number of amides is 2. The minimum Gasteiger partial charge on any atom is -0.348 e. The fraction of sp³-hybridized carbons (Fsp3) is 0.190. The summed E-state index contributed by atoms with van der Waals surface area (Å²) in [6.07, 6.45) is 4.38. The van der Waals surface area contributed by atoms with Crippen LogP contribution in [0.15, 0.2) is 73.1 Å². The van der Waals surface area contributed by atoms with Gasteiger partial charge in [-0.3, -0.25) is 9.59 Å². The molecule has 6 heteroatoms. The van der Waals surface area contributed by atoms with E-state index in [2.05, 4.69) is 15.6 Å². The van der Waals surface area contributed by atoms with Crippen LogP contribution < -0.4 is 10.6 Å². The van der Waals surface area contributed by atoms with Crippen LogP contribution in [-0.2, 0) is 22.7 Å². The van der Waals surface area contributed by atoms with Crippen LogP contribution in [0.2, 0.25) is 0 Å². The molecule has 0 spiro atoms. The third kappa shape index (κ3) is 5.28. The fourth-order valence-corrected chi connectivity index (χ4v) is 2.73. The molecule has 2 aromatic carbocycles. The van der Waals surface area contributed by atoms with Crippen molar-refractivity contribution in [2.75, 3.05) is 6.54 Å². The Hall–Kier alpha value is -3.41. The van der Waals surface area contributed by atoms with Crippen LogP contribution in [0.5, 0.6) is 0 Å².